The van der Waals surface area contributed by atoms with Crippen LogP contribution >= 0.6 is 15.9 Å². The first-order valence-electron chi connectivity index (χ1n) is 5.43. The molecule has 0 radical (unpaired) electrons. The van der Waals surface area contributed by atoms with Crippen LogP contribution in [0.3, 0.4) is 0 Å². The average Bonchev–Trinajstić information content (AvgIpc) is 2.40. The third kappa shape index (κ3) is 4.44. The van der Waals surface area contributed by atoms with Crippen LogP contribution in [0, 0.1) is 0 Å². The Kier molecular flexibility index (Phi) is 5.62. The summed E-state index contributed by atoms with van der Waals surface area (Å²) in [4.78, 5) is 32.0. The predicted molar refractivity (Wildman–Crippen MR) is 74.7 cm³/mol. The molecule has 0 bridgehead atoms. The molecule has 1 aromatic rings. The second-order valence-corrected chi connectivity index (χ2v) is 4.56. The molecule has 1 aromatic heterocycles. The Morgan fingerprint density at radius 2 is 2.26 bits per heavy atom. The minimum Gasteiger partial charge on any atom is -0.468 e. The number of ether oxygens (including phenoxy) is 1. The molecular formula is C12H14BrN3O3. The monoisotopic (exact) mass is 327 g/mol. The van der Waals surface area contributed by atoms with Crippen LogP contribution in [0.2, 0.25) is 0 Å². The maximum atomic E-state index is 11.2. The molecule has 6 nitrogen and oxygen atoms in total. The van der Waals surface area contributed by atoms with Gasteiger partial charge in [0, 0.05) is 7.05 Å². The molecule has 0 unspecified atom stereocenters. The largest absolute Gasteiger partial charge is 0.468 e. The van der Waals surface area contributed by atoms with E-state index in [2.05, 4.69) is 30.6 Å². The van der Waals surface area contributed by atoms with Crippen LogP contribution in [0.15, 0.2) is 21.7 Å². The average molecular weight is 328 g/mol. The number of carbonyl (C=O) groups is 2. The lowest BCUT2D eigenvalue weighted by Gasteiger charge is -2.17. The number of nitrogens with zero attached hydrogens (tertiary/aromatic N) is 3. The van der Waals surface area contributed by atoms with E-state index < -0.39 is 0 Å². The number of halogens is 1. The van der Waals surface area contributed by atoms with Crippen LogP contribution in [-0.4, -0.2) is 48.7 Å². The van der Waals surface area contributed by atoms with Gasteiger partial charge in [-0.1, -0.05) is 0 Å². The molecule has 0 saturated heterocycles. The third-order valence-corrected chi connectivity index (χ3v) is 2.85. The fraction of sp³-hybridized carbons (Fsp3) is 0.333. The summed E-state index contributed by atoms with van der Waals surface area (Å²) in [7, 11) is 3.04. The smallest absolute Gasteiger partial charge is 0.325 e. The molecule has 0 aromatic carbocycles. The topological polar surface area (TPSA) is 71.9 Å². The van der Waals surface area contributed by atoms with Gasteiger partial charge < -0.3 is 9.64 Å². The highest BCUT2D eigenvalue weighted by molar-refractivity contribution is 9.10. The van der Waals surface area contributed by atoms with Crippen LogP contribution in [0.25, 0.3) is 0 Å². The molecule has 1 heterocycles. The number of hydrogen-bond acceptors (Lipinski definition) is 5. The summed E-state index contributed by atoms with van der Waals surface area (Å²) < 4.78 is 5.14. The molecular weight excluding hydrogens is 314 g/mol. The van der Waals surface area contributed by atoms with E-state index in [1.807, 2.05) is 0 Å². The van der Waals surface area contributed by atoms with Gasteiger partial charge in [0.25, 0.3) is 0 Å². The van der Waals surface area contributed by atoms with Gasteiger partial charge in [0.1, 0.15) is 22.7 Å². The van der Waals surface area contributed by atoms with Crippen molar-refractivity contribution in [1.29, 1.82) is 0 Å². The van der Waals surface area contributed by atoms with E-state index in [0.717, 1.165) is 0 Å². The van der Waals surface area contributed by atoms with Gasteiger partial charge in [0.05, 0.1) is 12.8 Å². The SMILES string of the molecule is COC(=O)CN(C)C(C)=Nc1ccc(Br)nc1C=O. The lowest BCUT2D eigenvalue weighted by Crippen LogP contribution is -2.30. The highest BCUT2D eigenvalue weighted by Crippen LogP contribution is 2.19. The molecule has 0 aliphatic heterocycles. The van der Waals surface area contributed by atoms with Crippen molar-refractivity contribution >= 4 is 39.7 Å². The van der Waals surface area contributed by atoms with E-state index in [4.69, 9.17) is 0 Å². The lowest BCUT2D eigenvalue weighted by atomic mass is 10.3. The Bertz CT molecular complexity index is 517. The van der Waals surface area contributed by atoms with Crippen molar-refractivity contribution in [2.45, 2.75) is 6.92 Å². The van der Waals surface area contributed by atoms with Crippen molar-refractivity contribution in [2.75, 3.05) is 20.7 Å². The lowest BCUT2D eigenvalue weighted by molar-refractivity contribution is -0.140. The van der Waals surface area contributed by atoms with Crippen molar-refractivity contribution in [2.24, 2.45) is 4.99 Å². The maximum absolute atomic E-state index is 11.2. The van der Waals surface area contributed by atoms with Gasteiger partial charge in [0.2, 0.25) is 0 Å². The van der Waals surface area contributed by atoms with Crippen molar-refractivity contribution in [1.82, 2.24) is 9.88 Å². The number of aliphatic imine (C=N–C) groups is 1. The summed E-state index contributed by atoms with van der Waals surface area (Å²) in [6.45, 7) is 1.83. The Balaban J connectivity index is 2.95. The highest BCUT2D eigenvalue weighted by Gasteiger charge is 2.09. The van der Waals surface area contributed by atoms with E-state index in [0.29, 0.717) is 22.4 Å². The summed E-state index contributed by atoms with van der Waals surface area (Å²) in [5, 5.41) is 0. The van der Waals surface area contributed by atoms with Crippen LogP contribution in [0.4, 0.5) is 5.69 Å². The Labute approximate surface area is 119 Å². The Morgan fingerprint density at radius 3 is 2.84 bits per heavy atom. The molecule has 0 aliphatic carbocycles. The first-order chi connectivity index (χ1) is 8.97. The number of rotatable bonds is 4. The van der Waals surface area contributed by atoms with Gasteiger partial charge in [-0.3, -0.25) is 9.59 Å². The number of hydrogen-bond donors (Lipinski definition) is 0. The number of aromatic nitrogens is 1. The number of methoxy groups -OCH3 is 1. The van der Waals surface area contributed by atoms with Crippen molar-refractivity contribution < 1.29 is 14.3 Å². The first kappa shape index (κ1) is 15.3. The van der Waals surface area contributed by atoms with Crippen molar-refractivity contribution in [3.8, 4) is 0 Å². The maximum Gasteiger partial charge on any atom is 0.325 e. The van der Waals surface area contributed by atoms with E-state index in [9.17, 15) is 9.59 Å². The van der Waals surface area contributed by atoms with Crippen LogP contribution in [0.5, 0.6) is 0 Å². The van der Waals surface area contributed by atoms with Gasteiger partial charge in [-0.2, -0.15) is 0 Å². The number of esters is 1. The number of aldehydes is 1. The predicted octanol–water partition coefficient (Wildman–Crippen LogP) is 1.81. The summed E-state index contributed by atoms with van der Waals surface area (Å²) in [6.07, 6.45) is 0.636. The number of likely N-dealkylation sites (N-methyl/N-ethyl adjacent to an activating group) is 1. The molecule has 0 atom stereocenters. The van der Waals surface area contributed by atoms with Gasteiger partial charge in [-0.05, 0) is 35.0 Å². The number of amidine groups is 1. The zero-order valence-electron chi connectivity index (χ0n) is 10.9. The number of pyridine rings is 1. The van der Waals surface area contributed by atoms with E-state index >= 15 is 0 Å². The molecule has 0 amide bonds. The zero-order chi connectivity index (χ0) is 14.4. The quantitative estimate of drug-likeness (QED) is 0.277. The Morgan fingerprint density at radius 1 is 1.58 bits per heavy atom. The van der Waals surface area contributed by atoms with E-state index in [1.54, 1.807) is 31.0 Å². The molecule has 19 heavy (non-hydrogen) atoms. The fourth-order valence-corrected chi connectivity index (χ4v) is 1.58. The van der Waals surface area contributed by atoms with E-state index in [-0.39, 0.29) is 18.2 Å². The fourth-order valence-electron chi connectivity index (χ4n) is 1.26. The molecule has 0 spiro atoms. The third-order valence-electron chi connectivity index (χ3n) is 2.41. The second kappa shape index (κ2) is 6.98. The molecule has 1 rings (SSSR count). The molecule has 0 N–H and O–H groups in total. The van der Waals surface area contributed by atoms with Crippen LogP contribution in [-0.2, 0) is 9.53 Å². The normalized spacial score (nSPS) is 11.1. The standard InChI is InChI=1S/C12H14BrN3O3/c1-8(16(2)6-12(18)19-3)14-9-4-5-11(13)15-10(9)7-17/h4-5,7H,6H2,1-3H3. The molecule has 0 fully saturated rings. The molecule has 0 aliphatic rings. The minimum atomic E-state index is -0.360. The second-order valence-electron chi connectivity index (χ2n) is 3.75. The number of carbonyl (C=O) groups excluding carboxylic acids is 2. The molecule has 102 valence electrons. The summed E-state index contributed by atoms with van der Waals surface area (Å²) in [5.74, 6) is 0.221. The van der Waals surface area contributed by atoms with Crippen molar-refractivity contribution in [3.05, 3.63) is 22.4 Å². The molecule has 0 saturated carbocycles. The highest BCUT2D eigenvalue weighted by atomic mass is 79.9. The van der Waals surface area contributed by atoms with Crippen LogP contribution in [0.1, 0.15) is 17.4 Å². The van der Waals surface area contributed by atoms with Crippen molar-refractivity contribution in [3.63, 3.8) is 0 Å². The summed E-state index contributed by atoms with van der Waals surface area (Å²) in [5.41, 5.74) is 0.688. The summed E-state index contributed by atoms with van der Waals surface area (Å²) >= 11 is 3.18. The van der Waals surface area contributed by atoms with Gasteiger partial charge in [-0.25, -0.2) is 9.98 Å². The van der Waals surface area contributed by atoms with Gasteiger partial charge in [0.15, 0.2) is 6.29 Å². The minimum absolute atomic E-state index is 0.0895. The first-order valence-corrected chi connectivity index (χ1v) is 6.22. The van der Waals surface area contributed by atoms with Gasteiger partial charge in [-0.15, -0.1) is 0 Å². The van der Waals surface area contributed by atoms with Crippen LogP contribution < -0.4 is 0 Å². The van der Waals surface area contributed by atoms with E-state index in [1.165, 1.54) is 7.11 Å². The molecule has 7 heteroatoms. The summed E-state index contributed by atoms with van der Waals surface area (Å²) in [6, 6.07) is 3.37. The Hall–Kier alpha value is -1.76. The zero-order valence-corrected chi connectivity index (χ0v) is 12.5. The van der Waals surface area contributed by atoms with Gasteiger partial charge >= 0.3 is 5.97 Å².